The number of ether oxygens (including phenoxy) is 3. The van der Waals surface area contributed by atoms with Gasteiger partial charge in [-0.3, -0.25) is 9.88 Å². The molecule has 2 saturated heterocycles. The van der Waals surface area contributed by atoms with Gasteiger partial charge in [0.1, 0.15) is 29.8 Å². The van der Waals surface area contributed by atoms with E-state index in [0.717, 1.165) is 44.3 Å². The molecule has 1 atom stereocenters. The highest BCUT2D eigenvalue weighted by atomic mass is 35.5. The van der Waals surface area contributed by atoms with Crippen molar-refractivity contribution in [1.29, 1.82) is 5.26 Å². The number of anilines is 2. The molecule has 0 saturated carbocycles. The van der Waals surface area contributed by atoms with Gasteiger partial charge in [0, 0.05) is 36.7 Å². The zero-order chi connectivity index (χ0) is 25.9. The summed E-state index contributed by atoms with van der Waals surface area (Å²) in [5, 5.41) is 15.4. The Kier molecular flexibility index (Phi) is 7.23. The Labute approximate surface area is 226 Å². The standard InChI is InChI=1S/C29H29ClN4O4/c30-22-6-7-24-21(8-13-36-24)29(22)33-28-19(17-31)18-32-23-15-20(35-14-11-34-9-2-3-10-34)16-25(27(23)28)38-26-5-1-4-12-37-26/h6-8,13,15-16,18,26H,1-5,9-12,14H2,(H,32,33). The lowest BCUT2D eigenvalue weighted by Crippen LogP contribution is -2.25. The summed E-state index contributed by atoms with van der Waals surface area (Å²) < 4.78 is 24.0. The molecule has 0 bridgehead atoms. The normalized spacial score (nSPS) is 18.1. The zero-order valence-corrected chi connectivity index (χ0v) is 21.8. The Hall–Kier alpha value is -3.51. The first-order valence-corrected chi connectivity index (χ1v) is 13.5. The predicted molar refractivity (Wildman–Crippen MR) is 146 cm³/mol. The van der Waals surface area contributed by atoms with E-state index in [1.165, 1.54) is 12.8 Å². The summed E-state index contributed by atoms with van der Waals surface area (Å²) in [5.74, 6) is 1.22. The monoisotopic (exact) mass is 532 g/mol. The first-order chi connectivity index (χ1) is 18.7. The van der Waals surface area contributed by atoms with Gasteiger partial charge < -0.3 is 23.9 Å². The molecule has 2 aromatic carbocycles. The number of furan rings is 1. The number of nitrogens with zero attached hydrogens (tertiary/aromatic N) is 3. The third-order valence-corrected chi connectivity index (χ3v) is 7.45. The van der Waals surface area contributed by atoms with Gasteiger partial charge in [0.15, 0.2) is 6.29 Å². The molecule has 6 rings (SSSR count). The Morgan fingerprint density at radius 1 is 1.13 bits per heavy atom. The number of rotatable bonds is 8. The molecule has 0 amide bonds. The second kappa shape index (κ2) is 11.1. The third-order valence-electron chi connectivity index (χ3n) is 7.13. The fourth-order valence-corrected chi connectivity index (χ4v) is 5.38. The summed E-state index contributed by atoms with van der Waals surface area (Å²) in [7, 11) is 0. The van der Waals surface area contributed by atoms with Gasteiger partial charge in [-0.25, -0.2) is 0 Å². The van der Waals surface area contributed by atoms with E-state index < -0.39 is 0 Å². The lowest BCUT2D eigenvalue weighted by atomic mass is 10.1. The number of hydrogen-bond donors (Lipinski definition) is 1. The van der Waals surface area contributed by atoms with Crippen molar-refractivity contribution in [3.05, 3.63) is 53.4 Å². The number of aromatic nitrogens is 1. The van der Waals surface area contributed by atoms with E-state index in [9.17, 15) is 5.26 Å². The summed E-state index contributed by atoms with van der Waals surface area (Å²) in [5.41, 5.74) is 2.91. The molecule has 4 aromatic rings. The number of nitrogens with one attached hydrogen (secondary N) is 1. The Balaban J connectivity index is 1.42. The molecule has 2 aliphatic rings. The molecule has 2 aliphatic heterocycles. The van der Waals surface area contributed by atoms with Crippen molar-refractivity contribution in [3.8, 4) is 17.6 Å². The molecule has 0 spiro atoms. The molecule has 1 N–H and O–H groups in total. The lowest BCUT2D eigenvalue weighted by Gasteiger charge is -2.25. The van der Waals surface area contributed by atoms with Crippen LogP contribution in [0.2, 0.25) is 5.02 Å². The van der Waals surface area contributed by atoms with Crippen molar-refractivity contribution in [1.82, 2.24) is 9.88 Å². The number of benzene rings is 2. The van der Waals surface area contributed by atoms with Crippen LogP contribution >= 0.6 is 11.6 Å². The zero-order valence-electron chi connectivity index (χ0n) is 21.0. The molecule has 2 fully saturated rings. The van der Waals surface area contributed by atoms with Crippen molar-refractivity contribution >= 4 is 44.8 Å². The van der Waals surface area contributed by atoms with Gasteiger partial charge in [0.25, 0.3) is 0 Å². The minimum absolute atomic E-state index is 0.367. The average Bonchev–Trinajstić information content (AvgIpc) is 3.63. The van der Waals surface area contributed by atoms with Crippen LogP contribution in [0.1, 0.15) is 37.7 Å². The van der Waals surface area contributed by atoms with E-state index in [-0.39, 0.29) is 6.29 Å². The molecule has 9 heteroatoms. The van der Waals surface area contributed by atoms with Crippen LogP contribution in [0, 0.1) is 11.3 Å². The van der Waals surface area contributed by atoms with Crippen molar-refractivity contribution in [2.45, 2.75) is 38.4 Å². The quantitative estimate of drug-likeness (QED) is 0.270. The number of pyridine rings is 1. The topological polar surface area (TPSA) is 92.8 Å². The van der Waals surface area contributed by atoms with Gasteiger partial charge in [-0.1, -0.05) is 11.6 Å². The van der Waals surface area contributed by atoms with Crippen LogP contribution in [0.4, 0.5) is 11.4 Å². The molecular formula is C29H29ClN4O4. The Bertz CT molecular complexity index is 1490. The smallest absolute Gasteiger partial charge is 0.199 e. The van der Waals surface area contributed by atoms with Crippen LogP contribution in [0.25, 0.3) is 21.9 Å². The van der Waals surface area contributed by atoms with E-state index in [2.05, 4.69) is 21.3 Å². The maximum atomic E-state index is 10.0. The summed E-state index contributed by atoms with van der Waals surface area (Å²) in [6.45, 7) is 4.34. The number of hydrogen-bond acceptors (Lipinski definition) is 8. The maximum Gasteiger partial charge on any atom is 0.199 e. The van der Waals surface area contributed by atoms with Crippen molar-refractivity contribution in [2.24, 2.45) is 0 Å². The predicted octanol–water partition coefficient (Wildman–Crippen LogP) is 6.63. The molecule has 8 nitrogen and oxygen atoms in total. The SMILES string of the molecule is N#Cc1cnc2cc(OCCN3CCCC3)cc(OC3CCCCO3)c2c1Nc1c(Cl)ccc2occc12. The highest BCUT2D eigenvalue weighted by Crippen LogP contribution is 2.42. The van der Waals surface area contributed by atoms with E-state index in [0.29, 0.717) is 63.2 Å². The van der Waals surface area contributed by atoms with E-state index >= 15 is 0 Å². The summed E-state index contributed by atoms with van der Waals surface area (Å²) >= 11 is 6.61. The number of fused-ring (bicyclic) bond motifs is 2. The van der Waals surface area contributed by atoms with Crippen molar-refractivity contribution in [3.63, 3.8) is 0 Å². The van der Waals surface area contributed by atoms with Gasteiger partial charge in [-0.05, 0) is 57.0 Å². The number of nitriles is 1. The molecule has 196 valence electrons. The fourth-order valence-electron chi connectivity index (χ4n) is 5.17. The van der Waals surface area contributed by atoms with Crippen LogP contribution < -0.4 is 14.8 Å². The van der Waals surface area contributed by atoms with Crippen molar-refractivity contribution in [2.75, 3.05) is 38.2 Å². The van der Waals surface area contributed by atoms with Crippen molar-refractivity contribution < 1.29 is 18.6 Å². The van der Waals surface area contributed by atoms with Crippen LogP contribution in [-0.2, 0) is 4.74 Å². The van der Waals surface area contributed by atoms with Gasteiger partial charge in [-0.2, -0.15) is 5.26 Å². The minimum Gasteiger partial charge on any atom is -0.492 e. The second-order valence-corrected chi connectivity index (χ2v) is 10.1. The largest absolute Gasteiger partial charge is 0.492 e. The second-order valence-electron chi connectivity index (χ2n) is 9.67. The molecule has 0 aliphatic carbocycles. The highest BCUT2D eigenvalue weighted by molar-refractivity contribution is 6.35. The van der Waals surface area contributed by atoms with Crippen LogP contribution in [0.5, 0.6) is 11.5 Å². The van der Waals surface area contributed by atoms with Gasteiger partial charge in [0.05, 0.1) is 45.7 Å². The summed E-state index contributed by atoms with van der Waals surface area (Å²) in [6, 6.07) is 11.5. The Morgan fingerprint density at radius 2 is 2.03 bits per heavy atom. The third kappa shape index (κ3) is 5.10. The Morgan fingerprint density at radius 3 is 2.84 bits per heavy atom. The number of likely N-dealkylation sites (tertiary alicyclic amines) is 1. The van der Waals surface area contributed by atoms with Crippen LogP contribution in [0.15, 0.2) is 47.2 Å². The first kappa shape index (κ1) is 24.8. The average molecular weight is 533 g/mol. The summed E-state index contributed by atoms with van der Waals surface area (Å²) in [6.07, 6.45) is 8.10. The molecule has 0 radical (unpaired) electrons. The van der Waals surface area contributed by atoms with Crippen LogP contribution in [-0.4, -0.2) is 49.0 Å². The highest BCUT2D eigenvalue weighted by Gasteiger charge is 2.22. The van der Waals surface area contributed by atoms with E-state index in [4.69, 9.17) is 30.2 Å². The molecule has 4 heterocycles. The minimum atomic E-state index is -0.383. The maximum absolute atomic E-state index is 10.0. The number of halogens is 1. The van der Waals surface area contributed by atoms with Gasteiger partial charge in [-0.15, -0.1) is 0 Å². The van der Waals surface area contributed by atoms with Gasteiger partial charge in [0.2, 0.25) is 0 Å². The molecule has 38 heavy (non-hydrogen) atoms. The van der Waals surface area contributed by atoms with E-state index in [1.54, 1.807) is 18.5 Å². The molecule has 2 aromatic heterocycles. The summed E-state index contributed by atoms with van der Waals surface area (Å²) in [4.78, 5) is 7.01. The molecular weight excluding hydrogens is 504 g/mol. The van der Waals surface area contributed by atoms with Crippen LogP contribution in [0.3, 0.4) is 0 Å². The first-order valence-electron chi connectivity index (χ1n) is 13.1. The lowest BCUT2D eigenvalue weighted by molar-refractivity contribution is -0.105. The molecule has 1 unspecified atom stereocenters. The van der Waals surface area contributed by atoms with Gasteiger partial charge >= 0.3 is 0 Å². The fraction of sp³-hybridized carbons (Fsp3) is 0.379. The van der Waals surface area contributed by atoms with E-state index in [1.807, 2.05) is 24.3 Å².